The third-order valence-corrected chi connectivity index (χ3v) is 3.24. The van der Waals surface area contributed by atoms with E-state index in [1.54, 1.807) is 0 Å². The molecular weight excluding hydrogens is 238 g/mol. The van der Waals surface area contributed by atoms with Crippen molar-refractivity contribution >= 4 is 17.4 Å². The summed E-state index contributed by atoms with van der Waals surface area (Å²) in [6.07, 6.45) is 0.693. The summed E-state index contributed by atoms with van der Waals surface area (Å²) in [7, 11) is 0. The van der Waals surface area contributed by atoms with E-state index in [1.165, 1.54) is 0 Å². The summed E-state index contributed by atoms with van der Waals surface area (Å²) in [5.41, 5.74) is 0.752. The lowest BCUT2D eigenvalue weighted by molar-refractivity contribution is 0.0948. The van der Waals surface area contributed by atoms with Crippen molar-refractivity contribution in [2.24, 2.45) is 5.92 Å². The van der Waals surface area contributed by atoms with E-state index in [0.29, 0.717) is 17.8 Å². The molecule has 1 aromatic rings. The molecule has 0 radical (unpaired) electrons. The molecule has 5 nitrogen and oxygen atoms in total. The molecule has 1 unspecified atom stereocenters. The Balaban J connectivity index is 2.55. The maximum absolute atomic E-state index is 11.9. The van der Waals surface area contributed by atoms with Crippen LogP contribution in [0.4, 0.5) is 0 Å². The Bertz CT molecular complexity index is 365. The molecule has 0 spiro atoms. The van der Waals surface area contributed by atoms with Gasteiger partial charge in [-0.15, -0.1) is 5.10 Å². The van der Waals surface area contributed by atoms with Crippen molar-refractivity contribution in [1.82, 2.24) is 14.9 Å². The molecule has 2 N–H and O–H groups in total. The number of aromatic nitrogens is 2. The zero-order chi connectivity index (χ0) is 12.8. The van der Waals surface area contributed by atoms with E-state index < -0.39 is 0 Å². The van der Waals surface area contributed by atoms with Gasteiger partial charge in [-0.2, -0.15) is 0 Å². The van der Waals surface area contributed by atoms with Crippen LogP contribution in [0.25, 0.3) is 0 Å². The molecule has 0 bridgehead atoms. The molecular formula is C11H19N3O2S. The summed E-state index contributed by atoms with van der Waals surface area (Å²) in [4.78, 5) is 12.5. The van der Waals surface area contributed by atoms with E-state index in [-0.39, 0.29) is 24.3 Å². The standard InChI is InChI=1S/C11H19N3O2S/c1-7(2)9-10(17-14-13-9)11(16)12-6-8(3)4-5-15/h7-8,15H,4-6H2,1-3H3,(H,12,16). The molecule has 0 aliphatic rings. The largest absolute Gasteiger partial charge is 0.396 e. The van der Waals surface area contributed by atoms with Crippen LogP contribution in [-0.4, -0.2) is 33.8 Å². The molecule has 0 aromatic carbocycles. The number of carbonyl (C=O) groups excluding carboxylic acids is 1. The lowest BCUT2D eigenvalue weighted by atomic mass is 10.1. The van der Waals surface area contributed by atoms with Gasteiger partial charge in [-0.3, -0.25) is 4.79 Å². The first-order valence-corrected chi connectivity index (χ1v) is 6.54. The third kappa shape index (κ3) is 4.05. The summed E-state index contributed by atoms with van der Waals surface area (Å²) < 4.78 is 3.82. The number of nitrogens with zero attached hydrogens (tertiary/aromatic N) is 2. The number of aliphatic hydroxyl groups excluding tert-OH is 1. The highest BCUT2D eigenvalue weighted by Crippen LogP contribution is 2.19. The number of amides is 1. The summed E-state index contributed by atoms with van der Waals surface area (Å²) >= 11 is 1.13. The molecule has 1 atom stereocenters. The van der Waals surface area contributed by atoms with Crippen LogP contribution in [0.15, 0.2) is 0 Å². The number of hydrogen-bond acceptors (Lipinski definition) is 5. The van der Waals surface area contributed by atoms with E-state index in [4.69, 9.17) is 5.11 Å². The van der Waals surface area contributed by atoms with Gasteiger partial charge in [-0.05, 0) is 29.8 Å². The second-order valence-corrected chi connectivity index (χ2v) is 5.22. The van der Waals surface area contributed by atoms with Crippen LogP contribution >= 0.6 is 11.5 Å². The van der Waals surface area contributed by atoms with Gasteiger partial charge in [0.1, 0.15) is 4.88 Å². The Morgan fingerprint density at radius 1 is 1.47 bits per heavy atom. The van der Waals surface area contributed by atoms with Crippen molar-refractivity contribution < 1.29 is 9.90 Å². The Labute approximate surface area is 105 Å². The van der Waals surface area contributed by atoms with Crippen LogP contribution in [0.5, 0.6) is 0 Å². The highest BCUT2D eigenvalue weighted by molar-refractivity contribution is 7.08. The summed E-state index contributed by atoms with van der Waals surface area (Å²) in [6.45, 7) is 6.68. The first-order chi connectivity index (χ1) is 8.06. The fourth-order valence-electron chi connectivity index (χ4n) is 1.40. The second-order valence-electron chi connectivity index (χ2n) is 4.47. The maximum Gasteiger partial charge on any atom is 0.264 e. The maximum atomic E-state index is 11.9. The molecule has 17 heavy (non-hydrogen) atoms. The van der Waals surface area contributed by atoms with Gasteiger partial charge in [0.25, 0.3) is 5.91 Å². The number of nitrogens with one attached hydrogen (secondary N) is 1. The highest BCUT2D eigenvalue weighted by atomic mass is 32.1. The van der Waals surface area contributed by atoms with Gasteiger partial charge in [0.15, 0.2) is 0 Å². The molecule has 6 heteroatoms. The van der Waals surface area contributed by atoms with Gasteiger partial charge in [-0.1, -0.05) is 25.3 Å². The van der Waals surface area contributed by atoms with Crippen molar-refractivity contribution in [2.75, 3.05) is 13.2 Å². The SMILES string of the molecule is CC(CCO)CNC(=O)c1snnc1C(C)C. The minimum Gasteiger partial charge on any atom is -0.396 e. The van der Waals surface area contributed by atoms with E-state index >= 15 is 0 Å². The average molecular weight is 257 g/mol. The minimum absolute atomic E-state index is 0.117. The van der Waals surface area contributed by atoms with Crippen molar-refractivity contribution in [1.29, 1.82) is 0 Å². The summed E-state index contributed by atoms with van der Waals surface area (Å²) in [6, 6.07) is 0. The zero-order valence-corrected chi connectivity index (χ0v) is 11.3. The highest BCUT2D eigenvalue weighted by Gasteiger charge is 2.18. The molecule has 1 amide bonds. The topological polar surface area (TPSA) is 75.1 Å². The van der Waals surface area contributed by atoms with E-state index in [1.807, 2.05) is 20.8 Å². The molecule has 0 aliphatic heterocycles. The monoisotopic (exact) mass is 257 g/mol. The van der Waals surface area contributed by atoms with Gasteiger partial charge >= 0.3 is 0 Å². The van der Waals surface area contributed by atoms with Crippen LogP contribution in [0.2, 0.25) is 0 Å². The van der Waals surface area contributed by atoms with Crippen molar-refractivity contribution in [3.63, 3.8) is 0 Å². The van der Waals surface area contributed by atoms with Crippen LogP contribution < -0.4 is 5.32 Å². The quantitative estimate of drug-likeness (QED) is 0.808. The van der Waals surface area contributed by atoms with Gasteiger partial charge in [0, 0.05) is 13.2 Å². The third-order valence-electron chi connectivity index (χ3n) is 2.50. The molecule has 1 rings (SSSR count). The van der Waals surface area contributed by atoms with Gasteiger partial charge in [-0.25, -0.2) is 0 Å². The molecule has 1 aromatic heterocycles. The first-order valence-electron chi connectivity index (χ1n) is 5.77. The van der Waals surface area contributed by atoms with Crippen molar-refractivity contribution in [2.45, 2.75) is 33.1 Å². The predicted molar refractivity (Wildman–Crippen MR) is 67.2 cm³/mol. The molecule has 0 fully saturated rings. The summed E-state index contributed by atoms with van der Waals surface area (Å²) in [5.74, 6) is 0.352. The smallest absolute Gasteiger partial charge is 0.264 e. The van der Waals surface area contributed by atoms with Gasteiger partial charge in [0.05, 0.1) is 5.69 Å². The fourth-order valence-corrected chi connectivity index (χ4v) is 2.14. The molecule has 0 aliphatic carbocycles. The second kappa shape index (κ2) is 6.66. The lowest BCUT2D eigenvalue weighted by Crippen LogP contribution is -2.28. The van der Waals surface area contributed by atoms with Crippen LogP contribution in [0.3, 0.4) is 0 Å². The summed E-state index contributed by atoms with van der Waals surface area (Å²) in [5, 5.41) is 15.6. The Hall–Kier alpha value is -1.01. The van der Waals surface area contributed by atoms with E-state index in [0.717, 1.165) is 17.2 Å². The Kier molecular flexibility index (Phi) is 5.50. The minimum atomic E-state index is -0.117. The van der Waals surface area contributed by atoms with Gasteiger partial charge in [0.2, 0.25) is 0 Å². The molecule has 0 saturated heterocycles. The molecule has 96 valence electrons. The van der Waals surface area contributed by atoms with E-state index in [2.05, 4.69) is 14.9 Å². The van der Waals surface area contributed by atoms with Crippen LogP contribution in [0.1, 0.15) is 48.5 Å². The fraction of sp³-hybridized carbons (Fsp3) is 0.727. The molecule has 1 heterocycles. The Morgan fingerprint density at radius 3 is 2.76 bits per heavy atom. The normalized spacial score (nSPS) is 12.8. The van der Waals surface area contributed by atoms with Crippen LogP contribution in [0, 0.1) is 5.92 Å². The number of carbonyl (C=O) groups is 1. The van der Waals surface area contributed by atoms with Crippen molar-refractivity contribution in [3.05, 3.63) is 10.6 Å². The van der Waals surface area contributed by atoms with Crippen LogP contribution in [-0.2, 0) is 0 Å². The first kappa shape index (κ1) is 14.1. The average Bonchev–Trinajstić information content (AvgIpc) is 2.75. The van der Waals surface area contributed by atoms with E-state index in [9.17, 15) is 4.79 Å². The predicted octanol–water partition coefficient (Wildman–Crippen LogP) is 1.41. The van der Waals surface area contributed by atoms with Crippen molar-refractivity contribution in [3.8, 4) is 0 Å². The number of aliphatic hydroxyl groups is 1. The Morgan fingerprint density at radius 2 is 2.18 bits per heavy atom. The molecule has 0 saturated carbocycles. The number of rotatable bonds is 6. The van der Waals surface area contributed by atoms with Gasteiger partial charge < -0.3 is 10.4 Å². The lowest BCUT2D eigenvalue weighted by Gasteiger charge is -2.11. The zero-order valence-electron chi connectivity index (χ0n) is 10.4. The number of hydrogen-bond donors (Lipinski definition) is 2.